The maximum Gasteiger partial charge on any atom is 0.182 e. The van der Waals surface area contributed by atoms with Gasteiger partial charge in [0.25, 0.3) is 0 Å². The molecule has 2 aromatic rings. The van der Waals surface area contributed by atoms with E-state index < -0.39 is 17.5 Å². The van der Waals surface area contributed by atoms with Gasteiger partial charge in [-0.2, -0.15) is 0 Å². The summed E-state index contributed by atoms with van der Waals surface area (Å²) in [5.41, 5.74) is 0.527. The molecule has 0 saturated heterocycles. The van der Waals surface area contributed by atoms with Crippen molar-refractivity contribution in [1.82, 2.24) is 4.98 Å². The summed E-state index contributed by atoms with van der Waals surface area (Å²) in [4.78, 5) is 4.26. The Kier molecular flexibility index (Phi) is 3.86. The van der Waals surface area contributed by atoms with Crippen LogP contribution < -0.4 is 5.32 Å². The molecule has 0 saturated carbocycles. The van der Waals surface area contributed by atoms with Gasteiger partial charge >= 0.3 is 0 Å². The fraction of sp³-hybridized carbons (Fsp3) is 0.250. The number of halogens is 3. The first kappa shape index (κ1) is 12.9. The average Bonchev–Trinajstić information content (AvgIpc) is 2.80. The lowest BCUT2D eigenvalue weighted by molar-refractivity contribution is 0.497. The zero-order chi connectivity index (χ0) is 13.1. The predicted octanol–water partition coefficient (Wildman–Crippen LogP) is 3.73. The molecule has 96 valence electrons. The normalized spacial score (nSPS) is 10.7. The highest BCUT2D eigenvalue weighted by Gasteiger charge is 2.11. The topological polar surface area (TPSA) is 24.9 Å². The van der Waals surface area contributed by atoms with Crippen molar-refractivity contribution in [2.75, 3.05) is 5.32 Å². The molecule has 0 fully saturated rings. The molecular formula is C12H11F3N2S. The summed E-state index contributed by atoms with van der Waals surface area (Å²) in [5, 5.41) is 5.44. The second kappa shape index (κ2) is 5.39. The number of nitrogens with one attached hydrogen (secondary N) is 1. The largest absolute Gasteiger partial charge is 0.377 e. The molecule has 1 aromatic heterocycles. The number of hydrogen-bond donors (Lipinski definition) is 1. The lowest BCUT2D eigenvalue weighted by Crippen LogP contribution is -2.04. The molecule has 0 spiro atoms. The zero-order valence-corrected chi connectivity index (χ0v) is 10.5. The van der Waals surface area contributed by atoms with E-state index in [4.69, 9.17) is 0 Å². The molecule has 0 amide bonds. The number of anilines is 1. The summed E-state index contributed by atoms with van der Waals surface area (Å²) < 4.78 is 39.2. The van der Waals surface area contributed by atoms with Gasteiger partial charge in [-0.1, -0.05) is 6.92 Å². The minimum absolute atomic E-state index is 0.196. The fourth-order valence-corrected chi connectivity index (χ4v) is 2.21. The van der Waals surface area contributed by atoms with Gasteiger partial charge in [0.05, 0.1) is 22.9 Å². The first-order valence-electron chi connectivity index (χ1n) is 5.42. The third-order valence-corrected chi connectivity index (χ3v) is 3.40. The Labute approximate surface area is 106 Å². The van der Waals surface area contributed by atoms with Crippen LogP contribution in [0.15, 0.2) is 17.5 Å². The first-order valence-corrected chi connectivity index (χ1v) is 6.29. The lowest BCUT2D eigenvalue weighted by Gasteiger charge is -2.06. The summed E-state index contributed by atoms with van der Waals surface area (Å²) in [6.45, 7) is 2.22. The van der Waals surface area contributed by atoms with Gasteiger partial charge in [-0.3, -0.25) is 0 Å². The maximum atomic E-state index is 13.3. The summed E-state index contributed by atoms with van der Waals surface area (Å²) in [6, 6.07) is 1.43. The monoisotopic (exact) mass is 272 g/mol. The van der Waals surface area contributed by atoms with Gasteiger partial charge in [0.15, 0.2) is 11.6 Å². The van der Waals surface area contributed by atoms with Gasteiger partial charge in [-0.05, 0) is 6.42 Å². The van der Waals surface area contributed by atoms with Crippen LogP contribution in [0.2, 0.25) is 0 Å². The Morgan fingerprint density at radius 1 is 1.28 bits per heavy atom. The Morgan fingerprint density at radius 3 is 2.72 bits per heavy atom. The van der Waals surface area contributed by atoms with E-state index in [1.54, 1.807) is 0 Å². The highest BCUT2D eigenvalue weighted by atomic mass is 32.1. The molecule has 18 heavy (non-hydrogen) atoms. The number of rotatable bonds is 4. The number of nitrogens with zero attached hydrogens (tertiary/aromatic N) is 1. The van der Waals surface area contributed by atoms with Gasteiger partial charge < -0.3 is 5.32 Å². The summed E-state index contributed by atoms with van der Waals surface area (Å²) >= 11 is 1.50. The van der Waals surface area contributed by atoms with Gasteiger partial charge in [0, 0.05) is 17.5 Å². The first-order chi connectivity index (χ1) is 8.60. The highest BCUT2D eigenvalue weighted by molar-refractivity contribution is 7.09. The van der Waals surface area contributed by atoms with Crippen LogP contribution in [0.3, 0.4) is 0 Å². The van der Waals surface area contributed by atoms with Crippen molar-refractivity contribution in [3.8, 4) is 0 Å². The molecule has 0 bridgehead atoms. The minimum Gasteiger partial charge on any atom is -0.377 e. The standard InChI is InChI=1S/C12H11F3N2S/c1-2-11-17-8(6-18-11)5-16-10-4-7(13)3-9(14)12(10)15/h3-4,6,16H,2,5H2,1H3. The predicted molar refractivity (Wildman–Crippen MR) is 65.1 cm³/mol. The molecule has 6 heteroatoms. The van der Waals surface area contributed by atoms with E-state index in [0.29, 0.717) is 6.07 Å². The van der Waals surface area contributed by atoms with Crippen molar-refractivity contribution in [3.05, 3.63) is 45.7 Å². The quantitative estimate of drug-likeness (QED) is 0.858. The van der Waals surface area contributed by atoms with Crippen LogP contribution in [0, 0.1) is 17.5 Å². The third kappa shape index (κ3) is 2.81. The molecule has 0 radical (unpaired) electrons. The minimum atomic E-state index is -1.20. The molecule has 2 rings (SSSR count). The molecule has 1 aromatic carbocycles. The van der Waals surface area contributed by atoms with Crippen molar-refractivity contribution in [2.45, 2.75) is 19.9 Å². The summed E-state index contributed by atoms with van der Waals surface area (Å²) in [5.74, 6) is -3.10. The van der Waals surface area contributed by atoms with Crippen molar-refractivity contribution >= 4 is 17.0 Å². The fourth-order valence-electron chi connectivity index (χ4n) is 1.46. The molecule has 1 heterocycles. The van der Waals surface area contributed by atoms with Gasteiger partial charge in [0.2, 0.25) is 0 Å². The molecule has 2 nitrogen and oxygen atoms in total. The Hall–Kier alpha value is -1.56. The van der Waals surface area contributed by atoms with Crippen molar-refractivity contribution in [3.63, 3.8) is 0 Å². The summed E-state index contributed by atoms with van der Waals surface area (Å²) in [7, 11) is 0. The average molecular weight is 272 g/mol. The van der Waals surface area contributed by atoms with Gasteiger partial charge in [-0.25, -0.2) is 18.2 Å². The zero-order valence-electron chi connectivity index (χ0n) is 9.64. The third-order valence-electron chi connectivity index (χ3n) is 2.35. The van der Waals surface area contributed by atoms with E-state index in [1.807, 2.05) is 12.3 Å². The van der Waals surface area contributed by atoms with Crippen molar-refractivity contribution < 1.29 is 13.2 Å². The van der Waals surface area contributed by atoms with E-state index in [-0.39, 0.29) is 12.2 Å². The Bertz CT molecular complexity index is 554. The number of benzene rings is 1. The van der Waals surface area contributed by atoms with Crippen LogP contribution in [-0.4, -0.2) is 4.98 Å². The van der Waals surface area contributed by atoms with E-state index in [2.05, 4.69) is 10.3 Å². The van der Waals surface area contributed by atoms with E-state index in [9.17, 15) is 13.2 Å². The maximum absolute atomic E-state index is 13.3. The van der Waals surface area contributed by atoms with Crippen LogP contribution in [0.1, 0.15) is 17.6 Å². The molecule has 0 aliphatic carbocycles. The lowest BCUT2D eigenvalue weighted by atomic mass is 10.2. The van der Waals surface area contributed by atoms with Crippen molar-refractivity contribution in [1.29, 1.82) is 0 Å². The number of aromatic nitrogens is 1. The summed E-state index contributed by atoms with van der Waals surface area (Å²) in [6.07, 6.45) is 0.827. The van der Waals surface area contributed by atoms with Crippen LogP contribution >= 0.6 is 11.3 Å². The number of aryl methyl sites for hydroxylation is 1. The SMILES string of the molecule is CCc1nc(CNc2cc(F)cc(F)c2F)cs1. The number of hydrogen-bond acceptors (Lipinski definition) is 3. The second-order valence-corrected chi connectivity index (χ2v) is 4.63. The molecule has 0 atom stereocenters. The van der Waals surface area contributed by atoms with Crippen LogP contribution in [-0.2, 0) is 13.0 Å². The Balaban J connectivity index is 2.10. The molecule has 0 aliphatic rings. The van der Waals surface area contributed by atoms with E-state index in [1.165, 1.54) is 11.3 Å². The smallest absolute Gasteiger partial charge is 0.182 e. The van der Waals surface area contributed by atoms with Crippen LogP contribution in [0.4, 0.5) is 18.9 Å². The molecule has 1 N–H and O–H groups in total. The number of thiazole rings is 1. The van der Waals surface area contributed by atoms with Crippen molar-refractivity contribution in [2.24, 2.45) is 0 Å². The molecular weight excluding hydrogens is 261 g/mol. The van der Waals surface area contributed by atoms with E-state index >= 15 is 0 Å². The molecule has 0 aliphatic heterocycles. The second-order valence-electron chi connectivity index (χ2n) is 3.69. The van der Waals surface area contributed by atoms with Crippen LogP contribution in [0.25, 0.3) is 0 Å². The van der Waals surface area contributed by atoms with Crippen LogP contribution in [0.5, 0.6) is 0 Å². The molecule has 0 unspecified atom stereocenters. The Morgan fingerprint density at radius 2 is 2.06 bits per heavy atom. The van der Waals surface area contributed by atoms with Gasteiger partial charge in [-0.15, -0.1) is 11.3 Å². The highest BCUT2D eigenvalue weighted by Crippen LogP contribution is 2.20. The van der Waals surface area contributed by atoms with Gasteiger partial charge in [0.1, 0.15) is 5.82 Å². The van der Waals surface area contributed by atoms with E-state index in [0.717, 1.165) is 23.2 Å².